The molecular weight excluding hydrogens is 232 g/mol. The number of rotatable bonds is 4. The second kappa shape index (κ2) is 5.36. The van der Waals surface area contributed by atoms with Gasteiger partial charge in [-0.1, -0.05) is 35.0 Å². The van der Waals surface area contributed by atoms with Crippen LogP contribution in [0.4, 0.5) is 0 Å². The van der Waals surface area contributed by atoms with Gasteiger partial charge in [0.2, 0.25) is 5.89 Å². The summed E-state index contributed by atoms with van der Waals surface area (Å²) in [5.74, 6) is 2.37. The summed E-state index contributed by atoms with van der Waals surface area (Å²) < 4.78 is 5.16. The van der Waals surface area contributed by atoms with E-state index in [4.69, 9.17) is 4.52 Å². The molecule has 4 heteroatoms. The van der Waals surface area contributed by atoms with E-state index in [0.717, 1.165) is 5.75 Å². The van der Waals surface area contributed by atoms with Crippen LogP contribution in [-0.2, 0) is 5.75 Å². The van der Waals surface area contributed by atoms with E-state index in [1.807, 2.05) is 18.7 Å². The van der Waals surface area contributed by atoms with Gasteiger partial charge in [0.05, 0.1) is 5.25 Å². The van der Waals surface area contributed by atoms with Gasteiger partial charge < -0.3 is 4.52 Å². The van der Waals surface area contributed by atoms with Gasteiger partial charge in [-0.2, -0.15) is 4.98 Å². The van der Waals surface area contributed by atoms with Gasteiger partial charge >= 0.3 is 0 Å². The standard InChI is InChI=1S/C13H16N2OS/c1-9-5-4-6-12(7-9)8-17-10(2)13-14-11(3)15-16-13/h4-7,10H,8H2,1-3H3/t10-/m1/s1. The zero-order chi connectivity index (χ0) is 12.3. The van der Waals surface area contributed by atoms with Crippen molar-refractivity contribution in [3.05, 3.63) is 47.1 Å². The predicted octanol–water partition coefficient (Wildman–Crippen LogP) is 3.68. The molecule has 2 aromatic rings. The van der Waals surface area contributed by atoms with Crippen molar-refractivity contribution in [1.82, 2.24) is 10.1 Å². The average Bonchev–Trinajstić information content (AvgIpc) is 2.73. The molecule has 0 aliphatic heterocycles. The van der Waals surface area contributed by atoms with Crippen molar-refractivity contribution < 1.29 is 4.52 Å². The Kier molecular flexibility index (Phi) is 3.84. The number of thioether (sulfide) groups is 1. The lowest BCUT2D eigenvalue weighted by Gasteiger charge is -2.06. The van der Waals surface area contributed by atoms with Crippen molar-refractivity contribution >= 4 is 11.8 Å². The number of benzene rings is 1. The predicted molar refractivity (Wildman–Crippen MR) is 69.9 cm³/mol. The molecule has 1 atom stereocenters. The van der Waals surface area contributed by atoms with E-state index >= 15 is 0 Å². The Balaban J connectivity index is 1.94. The van der Waals surface area contributed by atoms with Crippen LogP contribution in [0.2, 0.25) is 0 Å². The highest BCUT2D eigenvalue weighted by Crippen LogP contribution is 2.29. The lowest BCUT2D eigenvalue weighted by molar-refractivity contribution is 0.376. The zero-order valence-corrected chi connectivity index (χ0v) is 11.1. The minimum absolute atomic E-state index is 0.233. The Morgan fingerprint density at radius 1 is 1.35 bits per heavy atom. The van der Waals surface area contributed by atoms with Crippen LogP contribution in [0.3, 0.4) is 0 Å². The van der Waals surface area contributed by atoms with E-state index in [1.165, 1.54) is 11.1 Å². The molecule has 0 saturated heterocycles. The first kappa shape index (κ1) is 12.2. The summed E-state index contributed by atoms with van der Waals surface area (Å²) in [4.78, 5) is 4.24. The fourth-order valence-corrected chi connectivity index (χ4v) is 2.43. The van der Waals surface area contributed by atoms with Gasteiger partial charge in [0.15, 0.2) is 5.82 Å². The number of aromatic nitrogens is 2. The molecule has 1 heterocycles. The normalized spacial score (nSPS) is 12.6. The highest BCUT2D eigenvalue weighted by Gasteiger charge is 2.13. The molecule has 1 aromatic heterocycles. The second-order valence-electron chi connectivity index (χ2n) is 4.12. The van der Waals surface area contributed by atoms with Gasteiger partial charge in [-0.3, -0.25) is 0 Å². The zero-order valence-electron chi connectivity index (χ0n) is 10.3. The van der Waals surface area contributed by atoms with E-state index in [-0.39, 0.29) is 5.25 Å². The first-order valence-electron chi connectivity index (χ1n) is 5.62. The molecule has 2 rings (SSSR count). The summed E-state index contributed by atoms with van der Waals surface area (Å²) in [5.41, 5.74) is 2.63. The van der Waals surface area contributed by atoms with Gasteiger partial charge in [0.1, 0.15) is 0 Å². The molecule has 0 fully saturated rings. The summed E-state index contributed by atoms with van der Waals surface area (Å²) in [6, 6.07) is 8.55. The van der Waals surface area contributed by atoms with Crippen LogP contribution < -0.4 is 0 Å². The molecule has 0 aliphatic carbocycles. The van der Waals surface area contributed by atoms with Gasteiger partial charge in [0.25, 0.3) is 0 Å². The highest BCUT2D eigenvalue weighted by molar-refractivity contribution is 7.98. The molecule has 0 amide bonds. The van der Waals surface area contributed by atoms with Crippen molar-refractivity contribution in [3.63, 3.8) is 0 Å². The van der Waals surface area contributed by atoms with E-state index in [9.17, 15) is 0 Å². The van der Waals surface area contributed by atoms with Crippen molar-refractivity contribution in [1.29, 1.82) is 0 Å². The average molecular weight is 248 g/mol. The van der Waals surface area contributed by atoms with Gasteiger partial charge in [0, 0.05) is 5.75 Å². The fourth-order valence-electron chi connectivity index (χ4n) is 1.57. The van der Waals surface area contributed by atoms with Crippen molar-refractivity contribution in [2.75, 3.05) is 0 Å². The molecule has 0 bridgehead atoms. The third-order valence-electron chi connectivity index (χ3n) is 2.47. The molecule has 0 spiro atoms. The van der Waals surface area contributed by atoms with Crippen molar-refractivity contribution in [2.45, 2.75) is 31.8 Å². The van der Waals surface area contributed by atoms with Crippen LogP contribution in [0.5, 0.6) is 0 Å². The number of hydrogen-bond donors (Lipinski definition) is 0. The summed E-state index contributed by atoms with van der Waals surface area (Å²) in [6.45, 7) is 6.04. The SMILES string of the molecule is Cc1cccc(CS[C@H](C)c2nc(C)no2)c1. The molecule has 0 radical (unpaired) electrons. The minimum Gasteiger partial charge on any atom is -0.338 e. The molecule has 90 valence electrons. The smallest absolute Gasteiger partial charge is 0.239 e. The second-order valence-corrected chi connectivity index (χ2v) is 5.45. The largest absolute Gasteiger partial charge is 0.338 e. The highest BCUT2D eigenvalue weighted by atomic mass is 32.2. The first-order chi connectivity index (χ1) is 8.15. The quantitative estimate of drug-likeness (QED) is 0.827. The van der Waals surface area contributed by atoms with Crippen LogP contribution >= 0.6 is 11.8 Å². The summed E-state index contributed by atoms with van der Waals surface area (Å²) in [7, 11) is 0. The van der Waals surface area contributed by atoms with Crippen LogP contribution in [0.25, 0.3) is 0 Å². The van der Waals surface area contributed by atoms with Crippen molar-refractivity contribution in [2.24, 2.45) is 0 Å². The molecule has 17 heavy (non-hydrogen) atoms. The molecule has 3 nitrogen and oxygen atoms in total. The third-order valence-corrected chi connectivity index (χ3v) is 3.68. The van der Waals surface area contributed by atoms with Gasteiger partial charge in [-0.05, 0) is 26.3 Å². The number of nitrogens with zero attached hydrogens (tertiary/aromatic N) is 2. The minimum atomic E-state index is 0.233. The van der Waals surface area contributed by atoms with Crippen LogP contribution in [0.1, 0.15) is 35.0 Å². The summed E-state index contributed by atoms with van der Waals surface area (Å²) >= 11 is 1.81. The maximum absolute atomic E-state index is 5.16. The van der Waals surface area contributed by atoms with E-state index in [1.54, 1.807) is 0 Å². The molecule has 0 unspecified atom stereocenters. The first-order valence-corrected chi connectivity index (χ1v) is 6.67. The monoisotopic (exact) mass is 248 g/mol. The van der Waals surface area contributed by atoms with E-state index in [0.29, 0.717) is 11.7 Å². The van der Waals surface area contributed by atoms with Gasteiger partial charge in [-0.15, -0.1) is 11.8 Å². The Labute approximate surface area is 106 Å². The Morgan fingerprint density at radius 3 is 2.82 bits per heavy atom. The molecule has 1 aromatic carbocycles. The molecule has 0 saturated carbocycles. The topological polar surface area (TPSA) is 38.9 Å². The van der Waals surface area contributed by atoms with Crippen LogP contribution in [0, 0.1) is 13.8 Å². The molecule has 0 N–H and O–H groups in total. The van der Waals surface area contributed by atoms with Gasteiger partial charge in [-0.25, -0.2) is 0 Å². The van der Waals surface area contributed by atoms with Crippen molar-refractivity contribution in [3.8, 4) is 0 Å². The van der Waals surface area contributed by atoms with Crippen LogP contribution in [-0.4, -0.2) is 10.1 Å². The van der Waals surface area contributed by atoms with E-state index in [2.05, 4.69) is 48.3 Å². The fraction of sp³-hybridized carbons (Fsp3) is 0.385. The Bertz CT molecular complexity index is 496. The molecule has 0 aliphatic rings. The lowest BCUT2D eigenvalue weighted by Crippen LogP contribution is -1.90. The maximum Gasteiger partial charge on any atom is 0.239 e. The lowest BCUT2D eigenvalue weighted by atomic mass is 10.2. The Morgan fingerprint density at radius 2 is 2.18 bits per heavy atom. The molecular formula is C13H16N2OS. The van der Waals surface area contributed by atoms with E-state index < -0.39 is 0 Å². The maximum atomic E-state index is 5.16. The Hall–Kier alpha value is -1.29. The number of hydrogen-bond acceptors (Lipinski definition) is 4. The van der Waals surface area contributed by atoms with Crippen LogP contribution in [0.15, 0.2) is 28.8 Å². The summed E-state index contributed by atoms with van der Waals surface area (Å²) in [6.07, 6.45) is 0. The third kappa shape index (κ3) is 3.33. The number of aryl methyl sites for hydroxylation is 2. The summed E-state index contributed by atoms with van der Waals surface area (Å²) in [5, 5.41) is 4.04.